The molecular weight excluding hydrogens is 133 g/mol. The average Bonchev–Trinajstić information content (AvgIpc) is 2.30. The second-order valence-corrected chi connectivity index (χ2v) is 1.92. The second kappa shape index (κ2) is 2.48. The lowest BCUT2D eigenvalue weighted by atomic mass is 10.2. The normalized spacial score (nSPS) is 9.30. The van der Waals surface area contributed by atoms with Gasteiger partial charge in [-0.1, -0.05) is 0 Å². The molecule has 0 aliphatic rings. The van der Waals surface area contributed by atoms with E-state index in [-0.39, 0.29) is 5.69 Å². The molecule has 0 bridgehead atoms. The van der Waals surface area contributed by atoms with Crippen LogP contribution in [0.15, 0.2) is 0 Å². The Labute approximate surface area is 57.5 Å². The summed E-state index contributed by atoms with van der Waals surface area (Å²) in [6.07, 6.45) is 0. The largest absolute Gasteiger partial charge is 0.281 e. The second-order valence-electron chi connectivity index (χ2n) is 1.92. The number of nitrogens with zero attached hydrogens (tertiary/aromatic N) is 2. The highest BCUT2D eigenvalue weighted by Crippen LogP contribution is 2.08. The van der Waals surface area contributed by atoms with Gasteiger partial charge in [0.15, 0.2) is 0 Å². The minimum atomic E-state index is -0.687. The molecule has 0 amide bonds. The van der Waals surface area contributed by atoms with Crippen LogP contribution in [-0.2, 0) is 6.67 Å². The zero-order valence-electron chi connectivity index (χ0n) is 5.48. The smallest absolute Gasteiger partial charge is 0.135 e. The molecule has 0 saturated carbocycles. The Morgan fingerprint density at radius 3 is 2.90 bits per heavy atom. The van der Waals surface area contributed by atoms with Crippen molar-refractivity contribution in [3.8, 4) is 6.07 Å². The molecule has 0 fully saturated rings. The van der Waals surface area contributed by atoms with Crippen LogP contribution in [0.5, 0.6) is 0 Å². The van der Waals surface area contributed by atoms with E-state index in [1.165, 1.54) is 0 Å². The summed E-state index contributed by atoms with van der Waals surface area (Å²) in [7, 11) is 0. The monoisotopic (exact) mass is 139 g/mol. The lowest BCUT2D eigenvalue weighted by Crippen LogP contribution is -1.82. The molecule has 0 spiro atoms. The van der Waals surface area contributed by atoms with E-state index in [1.807, 2.05) is 6.07 Å². The molecular formula is C6H6FN3. The standard InChI is InChI=1S/C6H6FN3/c1-4-5(3-8)6(2-7)10-9-4/h2H2,1H3,(H,9,10). The molecule has 1 heterocycles. The fourth-order valence-electron chi connectivity index (χ4n) is 0.725. The van der Waals surface area contributed by atoms with Gasteiger partial charge in [0.2, 0.25) is 0 Å². The van der Waals surface area contributed by atoms with Gasteiger partial charge in [-0.25, -0.2) is 4.39 Å². The lowest BCUT2D eigenvalue weighted by Gasteiger charge is -1.83. The van der Waals surface area contributed by atoms with Crippen molar-refractivity contribution in [2.24, 2.45) is 0 Å². The fraction of sp³-hybridized carbons (Fsp3) is 0.333. The van der Waals surface area contributed by atoms with Crippen LogP contribution >= 0.6 is 0 Å². The zero-order chi connectivity index (χ0) is 7.56. The molecule has 4 heteroatoms. The maximum atomic E-state index is 12.0. The first kappa shape index (κ1) is 6.75. The molecule has 52 valence electrons. The average molecular weight is 139 g/mol. The molecule has 1 rings (SSSR count). The lowest BCUT2D eigenvalue weighted by molar-refractivity contribution is 0.474. The summed E-state index contributed by atoms with van der Waals surface area (Å²) >= 11 is 0. The van der Waals surface area contributed by atoms with E-state index in [1.54, 1.807) is 6.92 Å². The molecule has 0 saturated heterocycles. The predicted octanol–water partition coefficient (Wildman–Crippen LogP) is 1.06. The Morgan fingerprint density at radius 1 is 1.80 bits per heavy atom. The van der Waals surface area contributed by atoms with Crippen LogP contribution in [0.25, 0.3) is 0 Å². The van der Waals surface area contributed by atoms with Crippen molar-refractivity contribution in [1.82, 2.24) is 10.2 Å². The highest BCUT2D eigenvalue weighted by molar-refractivity contribution is 5.36. The highest BCUT2D eigenvalue weighted by atomic mass is 19.1. The third-order valence-corrected chi connectivity index (χ3v) is 1.26. The van der Waals surface area contributed by atoms with E-state index >= 15 is 0 Å². The van der Waals surface area contributed by atoms with Crippen LogP contribution in [0.4, 0.5) is 4.39 Å². The molecule has 10 heavy (non-hydrogen) atoms. The van der Waals surface area contributed by atoms with Crippen molar-refractivity contribution in [1.29, 1.82) is 5.26 Å². The van der Waals surface area contributed by atoms with E-state index in [0.717, 1.165) is 0 Å². The van der Waals surface area contributed by atoms with Crippen molar-refractivity contribution in [2.45, 2.75) is 13.6 Å². The Kier molecular flexibility index (Phi) is 1.67. The number of alkyl halides is 1. The molecule has 1 N–H and O–H groups in total. The van der Waals surface area contributed by atoms with Gasteiger partial charge in [0.05, 0.1) is 11.3 Å². The van der Waals surface area contributed by atoms with E-state index in [2.05, 4.69) is 10.2 Å². The zero-order valence-corrected chi connectivity index (χ0v) is 5.48. The van der Waals surface area contributed by atoms with Crippen LogP contribution in [-0.4, -0.2) is 10.2 Å². The van der Waals surface area contributed by atoms with Crippen LogP contribution in [0.2, 0.25) is 0 Å². The molecule has 0 radical (unpaired) electrons. The Hall–Kier alpha value is -1.37. The Morgan fingerprint density at radius 2 is 2.50 bits per heavy atom. The van der Waals surface area contributed by atoms with Gasteiger partial charge >= 0.3 is 0 Å². The molecule has 3 nitrogen and oxygen atoms in total. The number of halogens is 1. The van der Waals surface area contributed by atoms with Gasteiger partial charge in [-0.3, -0.25) is 5.10 Å². The fourth-order valence-corrected chi connectivity index (χ4v) is 0.725. The number of aromatic nitrogens is 2. The number of hydrogen-bond acceptors (Lipinski definition) is 2. The molecule has 1 aromatic rings. The molecule has 0 aliphatic heterocycles. The summed E-state index contributed by atoms with van der Waals surface area (Å²) < 4.78 is 12.0. The summed E-state index contributed by atoms with van der Waals surface area (Å²) in [5.74, 6) is 0. The molecule has 0 aromatic carbocycles. The van der Waals surface area contributed by atoms with Crippen LogP contribution in [0, 0.1) is 18.3 Å². The quantitative estimate of drug-likeness (QED) is 0.632. The van der Waals surface area contributed by atoms with Crippen molar-refractivity contribution >= 4 is 0 Å². The predicted molar refractivity (Wildman–Crippen MR) is 32.9 cm³/mol. The number of nitrogens with one attached hydrogen (secondary N) is 1. The van der Waals surface area contributed by atoms with Gasteiger partial charge in [0, 0.05) is 0 Å². The third-order valence-electron chi connectivity index (χ3n) is 1.26. The molecule has 0 aliphatic carbocycles. The van der Waals surface area contributed by atoms with Crippen molar-refractivity contribution in [2.75, 3.05) is 0 Å². The maximum absolute atomic E-state index is 12.0. The van der Waals surface area contributed by atoms with Crippen LogP contribution in [0.1, 0.15) is 17.0 Å². The first-order valence-corrected chi connectivity index (χ1v) is 2.79. The van der Waals surface area contributed by atoms with Gasteiger partial charge in [0.1, 0.15) is 18.4 Å². The Balaban J connectivity index is 3.17. The van der Waals surface area contributed by atoms with Gasteiger partial charge < -0.3 is 0 Å². The van der Waals surface area contributed by atoms with Crippen molar-refractivity contribution in [3.05, 3.63) is 17.0 Å². The summed E-state index contributed by atoms with van der Waals surface area (Å²) in [6.45, 7) is 0.998. The number of aryl methyl sites for hydroxylation is 1. The number of H-pyrrole nitrogens is 1. The first-order chi connectivity index (χ1) is 4.79. The molecule has 0 unspecified atom stereocenters. The van der Waals surface area contributed by atoms with Gasteiger partial charge in [0.25, 0.3) is 0 Å². The number of rotatable bonds is 1. The van der Waals surface area contributed by atoms with E-state index < -0.39 is 6.67 Å². The van der Waals surface area contributed by atoms with E-state index in [0.29, 0.717) is 11.3 Å². The summed E-state index contributed by atoms with van der Waals surface area (Å²) in [5.41, 5.74) is 1.14. The van der Waals surface area contributed by atoms with E-state index in [4.69, 9.17) is 5.26 Å². The number of hydrogen-bond donors (Lipinski definition) is 1. The van der Waals surface area contributed by atoms with E-state index in [9.17, 15) is 4.39 Å². The summed E-state index contributed by atoms with van der Waals surface area (Å²) in [4.78, 5) is 0. The van der Waals surface area contributed by atoms with Gasteiger partial charge in [-0.05, 0) is 6.92 Å². The first-order valence-electron chi connectivity index (χ1n) is 2.79. The summed E-state index contributed by atoms with van der Waals surface area (Å²) in [6, 6.07) is 1.86. The summed E-state index contributed by atoms with van der Waals surface area (Å²) in [5, 5.41) is 14.6. The number of nitriles is 1. The topological polar surface area (TPSA) is 52.5 Å². The van der Waals surface area contributed by atoms with Crippen molar-refractivity contribution in [3.63, 3.8) is 0 Å². The minimum absolute atomic E-state index is 0.194. The van der Waals surface area contributed by atoms with Crippen LogP contribution < -0.4 is 0 Å². The third kappa shape index (κ3) is 0.860. The SMILES string of the molecule is Cc1[nH]nc(CF)c1C#N. The Bertz CT molecular complexity index is 271. The molecule has 0 atom stereocenters. The van der Waals surface area contributed by atoms with Gasteiger partial charge in [-0.2, -0.15) is 10.4 Å². The minimum Gasteiger partial charge on any atom is -0.281 e. The van der Waals surface area contributed by atoms with Crippen molar-refractivity contribution < 1.29 is 4.39 Å². The number of aromatic amines is 1. The van der Waals surface area contributed by atoms with Crippen LogP contribution in [0.3, 0.4) is 0 Å². The van der Waals surface area contributed by atoms with Gasteiger partial charge in [-0.15, -0.1) is 0 Å². The highest BCUT2D eigenvalue weighted by Gasteiger charge is 2.07. The molecule has 1 aromatic heterocycles. The maximum Gasteiger partial charge on any atom is 0.135 e.